The molecule has 2 aliphatic rings. The van der Waals surface area contributed by atoms with Crippen molar-refractivity contribution in [2.45, 2.75) is 56.9 Å². The lowest BCUT2D eigenvalue weighted by Crippen LogP contribution is -2.68. The van der Waals surface area contributed by atoms with Crippen molar-refractivity contribution in [2.75, 3.05) is 27.4 Å². The minimum atomic E-state index is -1.44. The largest absolute Gasteiger partial charge is 0.464 e. The molecule has 2 rings (SSSR count). The van der Waals surface area contributed by atoms with Gasteiger partial charge in [-0.1, -0.05) is 24.3 Å². The molecule has 152 valence electrons. The molecule has 8 nitrogen and oxygen atoms in total. The minimum Gasteiger partial charge on any atom is -0.464 e. The highest BCUT2D eigenvalue weighted by molar-refractivity contribution is 5.86. The van der Waals surface area contributed by atoms with E-state index in [-0.39, 0.29) is 13.2 Å². The van der Waals surface area contributed by atoms with Crippen molar-refractivity contribution in [1.29, 1.82) is 0 Å². The molecule has 0 N–H and O–H groups in total. The van der Waals surface area contributed by atoms with E-state index < -0.39 is 35.7 Å². The van der Waals surface area contributed by atoms with Gasteiger partial charge in [0.1, 0.15) is 0 Å². The van der Waals surface area contributed by atoms with E-state index in [0.717, 1.165) is 5.57 Å². The number of methoxy groups -OCH3 is 2. The molecule has 0 aromatic rings. The highest BCUT2D eigenvalue weighted by Gasteiger charge is 2.60. The summed E-state index contributed by atoms with van der Waals surface area (Å²) < 4.78 is 32.9. The molecule has 27 heavy (non-hydrogen) atoms. The molecule has 2 heterocycles. The Balaban J connectivity index is 2.27. The van der Waals surface area contributed by atoms with Crippen molar-refractivity contribution in [3.63, 3.8) is 0 Å². The number of fused-ring (bicyclic) bond motifs is 1. The monoisotopic (exact) mass is 384 g/mol. The van der Waals surface area contributed by atoms with Crippen LogP contribution in [0.4, 0.5) is 0 Å². The number of carbonyl (C=O) groups is 2. The van der Waals surface area contributed by atoms with Gasteiger partial charge in [0.05, 0.1) is 13.2 Å². The smallest absolute Gasteiger partial charge is 0.338 e. The fraction of sp³-hybridized carbons (Fsp3) is 0.684. The van der Waals surface area contributed by atoms with E-state index in [2.05, 4.69) is 6.58 Å². The normalized spacial score (nSPS) is 37.6. The Morgan fingerprint density at radius 1 is 1.00 bits per heavy atom. The fourth-order valence-corrected chi connectivity index (χ4v) is 2.83. The van der Waals surface area contributed by atoms with E-state index in [1.807, 2.05) is 12.2 Å². The van der Waals surface area contributed by atoms with Gasteiger partial charge in [0, 0.05) is 14.2 Å². The van der Waals surface area contributed by atoms with E-state index in [1.54, 1.807) is 13.8 Å². The van der Waals surface area contributed by atoms with Crippen molar-refractivity contribution in [2.24, 2.45) is 0 Å². The van der Waals surface area contributed by atoms with Crippen molar-refractivity contribution >= 4 is 11.9 Å². The number of rotatable bonds is 2. The van der Waals surface area contributed by atoms with E-state index in [0.29, 0.717) is 19.3 Å². The SMILES string of the molecule is C=C1/C=C/CCOC(=O)[C@@H]2O[C@@](C)(OC)[C@](C)(OC)O[C@H]2C(=O)OCCC1. The minimum absolute atomic E-state index is 0.134. The third-order valence-corrected chi connectivity index (χ3v) is 4.82. The number of cyclic esters (lactones) is 2. The zero-order valence-electron chi connectivity index (χ0n) is 16.3. The molecule has 0 aliphatic carbocycles. The molecule has 1 saturated heterocycles. The predicted molar refractivity (Wildman–Crippen MR) is 94.6 cm³/mol. The summed E-state index contributed by atoms with van der Waals surface area (Å²) >= 11 is 0. The molecule has 1 fully saturated rings. The predicted octanol–water partition coefficient (Wildman–Crippen LogP) is 1.88. The highest BCUT2D eigenvalue weighted by atomic mass is 16.8. The molecule has 0 spiro atoms. The van der Waals surface area contributed by atoms with Gasteiger partial charge in [-0.2, -0.15) is 0 Å². The molecule has 0 unspecified atom stereocenters. The van der Waals surface area contributed by atoms with Crippen LogP contribution in [0.1, 0.15) is 33.1 Å². The second kappa shape index (κ2) is 8.97. The first kappa shape index (κ1) is 21.6. The van der Waals surface area contributed by atoms with Crippen molar-refractivity contribution < 1.29 is 38.0 Å². The van der Waals surface area contributed by atoms with Crippen LogP contribution < -0.4 is 0 Å². The summed E-state index contributed by atoms with van der Waals surface area (Å²) in [6, 6.07) is 0. The fourth-order valence-electron chi connectivity index (χ4n) is 2.83. The molecular formula is C19H28O8. The number of hydrogen-bond donors (Lipinski definition) is 0. The first-order chi connectivity index (χ1) is 12.8. The van der Waals surface area contributed by atoms with Crippen LogP contribution in [-0.2, 0) is 38.0 Å². The Hall–Kier alpha value is -1.74. The van der Waals surface area contributed by atoms with Crippen LogP contribution in [-0.4, -0.2) is 63.2 Å². The van der Waals surface area contributed by atoms with Crippen LogP contribution in [0.15, 0.2) is 24.3 Å². The highest BCUT2D eigenvalue weighted by Crippen LogP contribution is 2.39. The summed E-state index contributed by atoms with van der Waals surface area (Å²) in [5, 5.41) is 0. The average molecular weight is 384 g/mol. The Bertz CT molecular complexity index is 601. The van der Waals surface area contributed by atoms with Crippen LogP contribution >= 0.6 is 0 Å². The second-order valence-electron chi connectivity index (χ2n) is 6.66. The molecule has 0 radical (unpaired) electrons. The van der Waals surface area contributed by atoms with Crippen LogP contribution in [0, 0.1) is 0 Å². The van der Waals surface area contributed by atoms with E-state index in [1.165, 1.54) is 14.2 Å². The summed E-state index contributed by atoms with van der Waals surface area (Å²) in [4.78, 5) is 25.1. The van der Waals surface area contributed by atoms with Gasteiger partial charge in [0.15, 0.2) is 12.2 Å². The second-order valence-corrected chi connectivity index (χ2v) is 6.66. The van der Waals surface area contributed by atoms with Crippen LogP contribution in [0.2, 0.25) is 0 Å². The van der Waals surface area contributed by atoms with Gasteiger partial charge in [-0.15, -0.1) is 0 Å². The lowest BCUT2D eigenvalue weighted by atomic mass is 10.0. The molecule has 0 saturated carbocycles. The number of esters is 2. The zero-order chi connectivity index (χ0) is 20.1. The topological polar surface area (TPSA) is 89.5 Å². The Morgan fingerprint density at radius 3 is 2.04 bits per heavy atom. The summed E-state index contributed by atoms with van der Waals surface area (Å²) in [5.74, 6) is -4.34. The molecule has 8 heteroatoms. The maximum atomic E-state index is 12.6. The molecule has 0 bridgehead atoms. The lowest BCUT2D eigenvalue weighted by Gasteiger charge is -2.50. The molecule has 2 aliphatic heterocycles. The molecular weight excluding hydrogens is 356 g/mol. The number of carbonyl (C=O) groups excluding carboxylic acids is 2. The van der Waals surface area contributed by atoms with E-state index >= 15 is 0 Å². The van der Waals surface area contributed by atoms with Gasteiger partial charge in [-0.05, 0) is 33.1 Å². The van der Waals surface area contributed by atoms with E-state index in [9.17, 15) is 9.59 Å². The third kappa shape index (κ3) is 4.76. The Morgan fingerprint density at radius 2 is 1.52 bits per heavy atom. The van der Waals surface area contributed by atoms with Crippen LogP contribution in [0.5, 0.6) is 0 Å². The van der Waals surface area contributed by atoms with Gasteiger partial charge in [0.2, 0.25) is 11.6 Å². The standard InChI is InChI=1S/C19H28O8/c1-13-9-6-7-11-24-16(20)14-15(17(21)25-12-8-10-13)27-19(3,23-5)18(2,22-4)26-14/h6,9,14-15H,1,7-8,10-12H2,2-5H3/b9-6+/t14-,15-,18-,19-/m1/s1. The summed E-state index contributed by atoms with van der Waals surface area (Å²) in [6.07, 6.45) is 2.88. The quantitative estimate of drug-likeness (QED) is 0.667. The maximum Gasteiger partial charge on any atom is 0.338 e. The van der Waals surface area contributed by atoms with E-state index in [4.69, 9.17) is 28.4 Å². The van der Waals surface area contributed by atoms with Gasteiger partial charge in [-0.25, -0.2) is 9.59 Å². The van der Waals surface area contributed by atoms with Crippen molar-refractivity contribution in [3.05, 3.63) is 24.3 Å². The van der Waals surface area contributed by atoms with Crippen LogP contribution in [0.25, 0.3) is 0 Å². The molecule has 4 atom stereocenters. The molecule has 0 aromatic carbocycles. The third-order valence-electron chi connectivity index (χ3n) is 4.82. The summed E-state index contributed by atoms with van der Waals surface area (Å²) in [7, 11) is 2.79. The Kier molecular flexibility index (Phi) is 7.16. The van der Waals surface area contributed by atoms with Crippen molar-refractivity contribution in [1.82, 2.24) is 0 Å². The van der Waals surface area contributed by atoms with Crippen LogP contribution in [0.3, 0.4) is 0 Å². The maximum absolute atomic E-state index is 12.6. The first-order valence-corrected chi connectivity index (χ1v) is 8.90. The first-order valence-electron chi connectivity index (χ1n) is 8.90. The van der Waals surface area contributed by atoms with Gasteiger partial charge in [-0.3, -0.25) is 0 Å². The van der Waals surface area contributed by atoms with Gasteiger partial charge in [0.25, 0.3) is 0 Å². The Labute approximate surface area is 159 Å². The van der Waals surface area contributed by atoms with Gasteiger partial charge >= 0.3 is 11.9 Å². The number of allylic oxidation sites excluding steroid dienone is 2. The molecule has 0 amide bonds. The average Bonchev–Trinajstić information content (AvgIpc) is 2.65. The van der Waals surface area contributed by atoms with Gasteiger partial charge < -0.3 is 28.4 Å². The number of ether oxygens (including phenoxy) is 6. The zero-order valence-corrected chi connectivity index (χ0v) is 16.3. The molecule has 0 aromatic heterocycles. The number of hydrogen-bond acceptors (Lipinski definition) is 8. The summed E-state index contributed by atoms with van der Waals surface area (Å²) in [5.41, 5.74) is 0.910. The van der Waals surface area contributed by atoms with Crippen molar-refractivity contribution in [3.8, 4) is 0 Å². The summed E-state index contributed by atoms with van der Waals surface area (Å²) in [6.45, 7) is 7.35. The lowest BCUT2D eigenvalue weighted by molar-refractivity contribution is -0.439.